The third-order valence-electron chi connectivity index (χ3n) is 3.06. The second-order valence-electron chi connectivity index (χ2n) is 5.37. The minimum Gasteiger partial charge on any atom is -0.396 e. The average Bonchev–Trinajstić information content (AvgIpc) is 2.40. The van der Waals surface area contributed by atoms with Gasteiger partial charge in [0.25, 0.3) is 0 Å². The van der Waals surface area contributed by atoms with E-state index < -0.39 is 0 Å². The van der Waals surface area contributed by atoms with Crippen LogP contribution in [0, 0.1) is 5.92 Å². The molecule has 0 aliphatic rings. The summed E-state index contributed by atoms with van der Waals surface area (Å²) in [5, 5.41) is 4.70. The fourth-order valence-electron chi connectivity index (χ4n) is 1.75. The maximum atomic E-state index is 5.81. The highest BCUT2D eigenvalue weighted by molar-refractivity contribution is 6.30. The van der Waals surface area contributed by atoms with Crippen LogP contribution >= 0.6 is 11.6 Å². The molecule has 0 radical (unpaired) electrons. The second kappa shape index (κ2) is 9.60. The van der Waals surface area contributed by atoms with Gasteiger partial charge < -0.3 is 4.84 Å². The lowest BCUT2D eigenvalue weighted by atomic mass is 10.0. The molecule has 1 rings (SSSR count). The van der Waals surface area contributed by atoms with Crippen LogP contribution in [0.2, 0.25) is 5.02 Å². The Balaban J connectivity index is 2.15. The van der Waals surface area contributed by atoms with E-state index in [1.54, 1.807) is 6.21 Å². The normalized spacial score (nSPS) is 12.4. The summed E-state index contributed by atoms with van der Waals surface area (Å²) in [4.78, 5) is 5.29. The van der Waals surface area contributed by atoms with Gasteiger partial charge in [0.1, 0.15) is 6.61 Å². The van der Waals surface area contributed by atoms with Crippen molar-refractivity contribution in [3.05, 3.63) is 46.5 Å². The van der Waals surface area contributed by atoms with E-state index >= 15 is 0 Å². The molecule has 1 unspecified atom stereocenters. The molecular weight excluding hydrogens is 270 g/mol. The molecule has 0 N–H and O–H groups in total. The van der Waals surface area contributed by atoms with Crippen LogP contribution in [0.5, 0.6) is 0 Å². The molecule has 0 aliphatic carbocycles. The van der Waals surface area contributed by atoms with Gasteiger partial charge in [-0.1, -0.05) is 47.5 Å². The molecule has 3 heteroatoms. The molecule has 0 fully saturated rings. The SMILES string of the molecule is CC(C)=CCCC(C)CCO/N=C/c1ccc(Cl)cc1. The van der Waals surface area contributed by atoms with Crippen LogP contribution in [0.3, 0.4) is 0 Å². The number of hydrogen-bond donors (Lipinski definition) is 0. The van der Waals surface area contributed by atoms with Gasteiger partial charge in [-0.05, 0) is 56.7 Å². The first kappa shape index (κ1) is 16.8. The van der Waals surface area contributed by atoms with Crippen molar-refractivity contribution in [1.29, 1.82) is 0 Å². The predicted octanol–water partition coefficient (Wildman–Crippen LogP) is 5.46. The van der Waals surface area contributed by atoms with Gasteiger partial charge in [0, 0.05) is 5.02 Å². The average molecular weight is 294 g/mol. The number of rotatable bonds is 8. The van der Waals surface area contributed by atoms with Gasteiger partial charge in [0.15, 0.2) is 0 Å². The number of nitrogens with zero attached hydrogens (tertiary/aromatic N) is 1. The van der Waals surface area contributed by atoms with Gasteiger partial charge >= 0.3 is 0 Å². The first-order valence-electron chi connectivity index (χ1n) is 7.12. The summed E-state index contributed by atoms with van der Waals surface area (Å²) < 4.78 is 0. The standard InChI is InChI=1S/C17H24ClNO/c1-14(2)5-4-6-15(3)11-12-20-19-13-16-7-9-17(18)10-8-16/h5,7-10,13,15H,4,6,11-12H2,1-3H3/b19-13+. The van der Waals surface area contributed by atoms with Gasteiger partial charge in [0.2, 0.25) is 0 Å². The third kappa shape index (κ3) is 8.00. The van der Waals surface area contributed by atoms with Crippen molar-refractivity contribution in [2.75, 3.05) is 6.61 Å². The lowest BCUT2D eigenvalue weighted by molar-refractivity contribution is 0.131. The van der Waals surface area contributed by atoms with E-state index in [9.17, 15) is 0 Å². The molecule has 2 nitrogen and oxygen atoms in total. The molecule has 0 aromatic heterocycles. The maximum Gasteiger partial charge on any atom is 0.117 e. The van der Waals surface area contributed by atoms with Gasteiger partial charge in [-0.25, -0.2) is 0 Å². The Morgan fingerprint density at radius 1 is 1.25 bits per heavy atom. The Bertz CT molecular complexity index is 433. The Morgan fingerprint density at radius 2 is 1.95 bits per heavy atom. The minimum absolute atomic E-state index is 0.663. The lowest BCUT2D eigenvalue weighted by Gasteiger charge is -2.08. The summed E-state index contributed by atoms with van der Waals surface area (Å²) >= 11 is 5.81. The van der Waals surface area contributed by atoms with Crippen molar-refractivity contribution < 1.29 is 4.84 Å². The Hall–Kier alpha value is -1.28. The van der Waals surface area contributed by atoms with E-state index in [-0.39, 0.29) is 0 Å². The molecule has 0 spiro atoms. The number of benzene rings is 1. The molecule has 1 aromatic carbocycles. The zero-order valence-corrected chi connectivity index (χ0v) is 13.4. The third-order valence-corrected chi connectivity index (χ3v) is 3.31. The molecule has 20 heavy (non-hydrogen) atoms. The molecule has 1 atom stereocenters. The highest BCUT2D eigenvalue weighted by atomic mass is 35.5. The van der Waals surface area contributed by atoms with Crippen molar-refractivity contribution in [3.63, 3.8) is 0 Å². The number of hydrogen-bond acceptors (Lipinski definition) is 2. The molecule has 110 valence electrons. The van der Waals surface area contributed by atoms with Crippen LogP contribution in [0.1, 0.15) is 45.6 Å². The van der Waals surface area contributed by atoms with Crippen molar-refractivity contribution in [2.24, 2.45) is 11.1 Å². The summed E-state index contributed by atoms with van der Waals surface area (Å²) in [5.41, 5.74) is 2.38. The summed E-state index contributed by atoms with van der Waals surface area (Å²) in [6.07, 6.45) is 7.39. The van der Waals surface area contributed by atoms with Crippen LogP contribution < -0.4 is 0 Å². The Morgan fingerprint density at radius 3 is 2.60 bits per heavy atom. The smallest absolute Gasteiger partial charge is 0.117 e. The second-order valence-corrected chi connectivity index (χ2v) is 5.81. The zero-order valence-electron chi connectivity index (χ0n) is 12.6. The molecule has 0 aliphatic heterocycles. The zero-order chi connectivity index (χ0) is 14.8. The summed E-state index contributed by atoms with van der Waals surface area (Å²) in [6.45, 7) is 7.20. The van der Waals surface area contributed by atoms with Crippen LogP contribution in [0.25, 0.3) is 0 Å². The Kier molecular flexibility index (Phi) is 8.05. The first-order valence-corrected chi connectivity index (χ1v) is 7.50. The minimum atomic E-state index is 0.663. The van der Waals surface area contributed by atoms with E-state index in [1.165, 1.54) is 12.0 Å². The van der Waals surface area contributed by atoms with Crippen LogP contribution in [0.4, 0.5) is 0 Å². The molecule has 0 amide bonds. The number of oxime groups is 1. The van der Waals surface area contributed by atoms with Gasteiger partial charge in [-0.15, -0.1) is 0 Å². The van der Waals surface area contributed by atoms with E-state index in [2.05, 4.69) is 32.0 Å². The molecule has 1 aromatic rings. The highest BCUT2D eigenvalue weighted by Gasteiger charge is 2.00. The van der Waals surface area contributed by atoms with Gasteiger partial charge in [-0.2, -0.15) is 0 Å². The Labute approximate surface area is 127 Å². The van der Waals surface area contributed by atoms with Crippen molar-refractivity contribution in [1.82, 2.24) is 0 Å². The topological polar surface area (TPSA) is 21.6 Å². The van der Waals surface area contributed by atoms with Gasteiger partial charge in [0.05, 0.1) is 6.21 Å². The monoisotopic (exact) mass is 293 g/mol. The fraction of sp³-hybridized carbons (Fsp3) is 0.471. The first-order chi connectivity index (χ1) is 9.58. The summed E-state index contributed by atoms with van der Waals surface area (Å²) in [5.74, 6) is 0.663. The van der Waals surface area contributed by atoms with E-state index in [0.29, 0.717) is 12.5 Å². The van der Waals surface area contributed by atoms with Crippen LogP contribution in [-0.2, 0) is 4.84 Å². The number of halogens is 1. The van der Waals surface area contributed by atoms with Crippen LogP contribution in [0.15, 0.2) is 41.1 Å². The molecule has 0 bridgehead atoms. The number of allylic oxidation sites excluding steroid dienone is 2. The van der Waals surface area contributed by atoms with E-state index in [1.807, 2.05) is 24.3 Å². The lowest BCUT2D eigenvalue weighted by Crippen LogP contribution is -1.99. The molecule has 0 saturated heterocycles. The largest absolute Gasteiger partial charge is 0.396 e. The molecule has 0 saturated carbocycles. The fourth-order valence-corrected chi connectivity index (χ4v) is 1.88. The van der Waals surface area contributed by atoms with Crippen molar-refractivity contribution >= 4 is 17.8 Å². The van der Waals surface area contributed by atoms with Crippen LogP contribution in [-0.4, -0.2) is 12.8 Å². The summed E-state index contributed by atoms with van der Waals surface area (Å²) in [6, 6.07) is 7.51. The predicted molar refractivity (Wildman–Crippen MR) is 87.4 cm³/mol. The van der Waals surface area contributed by atoms with Crippen molar-refractivity contribution in [2.45, 2.75) is 40.0 Å². The quantitative estimate of drug-likeness (QED) is 0.270. The van der Waals surface area contributed by atoms with E-state index in [4.69, 9.17) is 16.4 Å². The molecule has 0 heterocycles. The molecular formula is C17H24ClNO. The van der Waals surface area contributed by atoms with E-state index in [0.717, 1.165) is 23.4 Å². The summed E-state index contributed by atoms with van der Waals surface area (Å²) in [7, 11) is 0. The van der Waals surface area contributed by atoms with Gasteiger partial charge in [-0.3, -0.25) is 0 Å². The highest BCUT2D eigenvalue weighted by Crippen LogP contribution is 2.12. The maximum absolute atomic E-state index is 5.81. The van der Waals surface area contributed by atoms with Crippen molar-refractivity contribution in [3.8, 4) is 0 Å².